The van der Waals surface area contributed by atoms with Gasteiger partial charge in [0, 0.05) is 5.56 Å². The van der Waals surface area contributed by atoms with Crippen LogP contribution < -0.4 is 0 Å². The molecule has 1 aromatic carbocycles. The minimum absolute atomic E-state index is 0.222. The standard InChI is InChI=1S/C12H13ClO4/c1-6-5-8(11(15)12(16)17)3-4-9(6)10(14)7(2)13/h3-5,7,11,15H,1-2H3,(H,16,17). The first-order valence-electron chi connectivity index (χ1n) is 5.04. The van der Waals surface area contributed by atoms with Crippen LogP contribution in [-0.2, 0) is 4.79 Å². The average Bonchev–Trinajstić information content (AvgIpc) is 2.26. The number of rotatable bonds is 4. The zero-order valence-corrected chi connectivity index (χ0v) is 10.2. The molecule has 0 spiro atoms. The molecule has 0 radical (unpaired) electrons. The molecule has 4 nitrogen and oxygen atoms in total. The van der Waals surface area contributed by atoms with Crippen LogP contribution in [0.25, 0.3) is 0 Å². The number of aliphatic hydroxyl groups is 1. The van der Waals surface area contributed by atoms with Crippen LogP contribution in [-0.4, -0.2) is 27.3 Å². The van der Waals surface area contributed by atoms with Crippen LogP contribution >= 0.6 is 11.6 Å². The Morgan fingerprint density at radius 1 is 1.35 bits per heavy atom. The number of carboxylic acid groups (broad SMARTS) is 1. The maximum absolute atomic E-state index is 11.7. The van der Waals surface area contributed by atoms with Crippen molar-refractivity contribution in [1.82, 2.24) is 0 Å². The molecule has 0 saturated carbocycles. The van der Waals surface area contributed by atoms with E-state index in [0.29, 0.717) is 11.1 Å². The molecule has 0 amide bonds. The van der Waals surface area contributed by atoms with E-state index < -0.39 is 17.5 Å². The Morgan fingerprint density at radius 2 is 1.94 bits per heavy atom. The van der Waals surface area contributed by atoms with Crippen molar-refractivity contribution >= 4 is 23.4 Å². The van der Waals surface area contributed by atoms with Crippen LogP contribution in [0.3, 0.4) is 0 Å². The Labute approximate surface area is 104 Å². The van der Waals surface area contributed by atoms with Crippen molar-refractivity contribution < 1.29 is 19.8 Å². The van der Waals surface area contributed by atoms with Crippen molar-refractivity contribution in [2.24, 2.45) is 0 Å². The summed E-state index contributed by atoms with van der Waals surface area (Å²) in [4.78, 5) is 22.3. The fourth-order valence-electron chi connectivity index (χ4n) is 1.49. The largest absolute Gasteiger partial charge is 0.479 e. The number of hydrogen-bond donors (Lipinski definition) is 2. The number of aryl methyl sites for hydroxylation is 1. The van der Waals surface area contributed by atoms with E-state index in [1.54, 1.807) is 13.8 Å². The second-order valence-electron chi connectivity index (χ2n) is 3.80. The van der Waals surface area contributed by atoms with Gasteiger partial charge in [-0.25, -0.2) is 4.79 Å². The zero-order chi connectivity index (χ0) is 13.2. The molecule has 0 aliphatic heterocycles. The highest BCUT2D eigenvalue weighted by Gasteiger charge is 2.19. The molecular weight excluding hydrogens is 244 g/mol. The van der Waals surface area contributed by atoms with Gasteiger partial charge < -0.3 is 10.2 Å². The van der Waals surface area contributed by atoms with E-state index in [4.69, 9.17) is 16.7 Å². The summed E-state index contributed by atoms with van der Waals surface area (Å²) in [6.07, 6.45) is -1.58. The average molecular weight is 257 g/mol. The summed E-state index contributed by atoms with van der Waals surface area (Å²) < 4.78 is 0. The molecule has 0 bridgehead atoms. The van der Waals surface area contributed by atoms with Gasteiger partial charge in [0.05, 0.1) is 5.38 Å². The highest BCUT2D eigenvalue weighted by molar-refractivity contribution is 6.33. The first-order valence-corrected chi connectivity index (χ1v) is 5.48. The summed E-state index contributed by atoms with van der Waals surface area (Å²) in [6, 6.07) is 4.38. The molecule has 0 aliphatic carbocycles. The number of carbonyl (C=O) groups is 2. The number of carboxylic acids is 1. The quantitative estimate of drug-likeness (QED) is 0.638. The minimum Gasteiger partial charge on any atom is -0.479 e. The van der Waals surface area contributed by atoms with Gasteiger partial charge in [0.1, 0.15) is 0 Å². The van der Waals surface area contributed by atoms with E-state index in [9.17, 15) is 14.7 Å². The minimum atomic E-state index is -1.58. The lowest BCUT2D eigenvalue weighted by atomic mass is 9.98. The second kappa shape index (κ2) is 5.29. The maximum atomic E-state index is 11.7. The third-order valence-electron chi connectivity index (χ3n) is 2.43. The monoisotopic (exact) mass is 256 g/mol. The number of halogens is 1. The van der Waals surface area contributed by atoms with Crippen molar-refractivity contribution in [3.05, 3.63) is 34.9 Å². The Kier molecular flexibility index (Phi) is 4.26. The lowest BCUT2D eigenvalue weighted by Crippen LogP contribution is -2.14. The Balaban J connectivity index is 3.10. The Bertz CT molecular complexity index is 454. The molecule has 1 rings (SSSR count). The summed E-state index contributed by atoms with van der Waals surface area (Å²) >= 11 is 5.69. The lowest BCUT2D eigenvalue weighted by molar-refractivity contribution is -0.146. The number of ketones is 1. The number of benzene rings is 1. The molecule has 92 valence electrons. The molecule has 2 atom stereocenters. The number of Topliss-reactive ketones (excluding diaryl/α,β-unsaturated/α-hetero) is 1. The SMILES string of the molecule is Cc1cc(C(O)C(=O)O)ccc1C(=O)C(C)Cl. The molecule has 17 heavy (non-hydrogen) atoms. The van der Waals surface area contributed by atoms with Gasteiger partial charge in [-0.1, -0.05) is 18.2 Å². The van der Waals surface area contributed by atoms with Gasteiger partial charge in [-0.15, -0.1) is 11.6 Å². The summed E-state index contributed by atoms with van der Waals surface area (Å²) in [6.45, 7) is 3.24. The third kappa shape index (κ3) is 3.05. The van der Waals surface area contributed by atoms with Crippen LogP contribution in [0.5, 0.6) is 0 Å². The van der Waals surface area contributed by atoms with E-state index in [2.05, 4.69) is 0 Å². The van der Waals surface area contributed by atoms with E-state index in [-0.39, 0.29) is 11.3 Å². The smallest absolute Gasteiger partial charge is 0.337 e. The maximum Gasteiger partial charge on any atom is 0.337 e. The number of aliphatic hydroxyl groups excluding tert-OH is 1. The van der Waals surface area contributed by atoms with Crippen molar-refractivity contribution in [3.63, 3.8) is 0 Å². The first-order chi connectivity index (χ1) is 7.84. The van der Waals surface area contributed by atoms with Crippen molar-refractivity contribution in [2.45, 2.75) is 25.3 Å². The van der Waals surface area contributed by atoms with Gasteiger partial charge >= 0.3 is 5.97 Å². The molecule has 2 unspecified atom stereocenters. The molecule has 0 aromatic heterocycles. The molecule has 0 saturated heterocycles. The summed E-state index contributed by atoms with van der Waals surface area (Å²) in [7, 11) is 0. The van der Waals surface area contributed by atoms with Gasteiger partial charge in [-0.05, 0) is 25.0 Å². The predicted octanol–water partition coefficient (Wildman–Crippen LogP) is 1.92. The highest BCUT2D eigenvalue weighted by atomic mass is 35.5. The number of carbonyl (C=O) groups excluding carboxylic acids is 1. The van der Waals surface area contributed by atoms with Gasteiger partial charge in [0.25, 0.3) is 0 Å². The highest BCUT2D eigenvalue weighted by Crippen LogP contribution is 2.19. The summed E-state index contributed by atoms with van der Waals surface area (Å²) in [5, 5.41) is 17.4. The second-order valence-corrected chi connectivity index (χ2v) is 4.45. The molecule has 1 aromatic rings. The van der Waals surface area contributed by atoms with Crippen LogP contribution in [0.2, 0.25) is 0 Å². The molecule has 0 fully saturated rings. The van der Waals surface area contributed by atoms with Gasteiger partial charge in [-0.3, -0.25) is 4.79 Å². The van der Waals surface area contributed by atoms with Crippen molar-refractivity contribution in [1.29, 1.82) is 0 Å². The topological polar surface area (TPSA) is 74.6 Å². The van der Waals surface area contributed by atoms with E-state index in [1.165, 1.54) is 18.2 Å². The van der Waals surface area contributed by atoms with Crippen LogP contribution in [0.1, 0.15) is 34.5 Å². The number of hydrogen-bond acceptors (Lipinski definition) is 3. The van der Waals surface area contributed by atoms with E-state index >= 15 is 0 Å². The van der Waals surface area contributed by atoms with Gasteiger partial charge in [-0.2, -0.15) is 0 Å². The molecule has 0 aliphatic rings. The summed E-state index contributed by atoms with van der Waals surface area (Å²) in [5.41, 5.74) is 1.28. The van der Waals surface area contributed by atoms with Crippen molar-refractivity contribution in [2.75, 3.05) is 0 Å². The Morgan fingerprint density at radius 3 is 2.35 bits per heavy atom. The number of alkyl halides is 1. The van der Waals surface area contributed by atoms with Crippen LogP contribution in [0.4, 0.5) is 0 Å². The third-order valence-corrected chi connectivity index (χ3v) is 2.63. The van der Waals surface area contributed by atoms with Crippen molar-refractivity contribution in [3.8, 4) is 0 Å². The predicted molar refractivity (Wildman–Crippen MR) is 63.4 cm³/mol. The molecule has 2 N–H and O–H groups in total. The Hall–Kier alpha value is -1.39. The lowest BCUT2D eigenvalue weighted by Gasteiger charge is -2.10. The van der Waals surface area contributed by atoms with Crippen LogP contribution in [0, 0.1) is 6.92 Å². The molecule has 5 heteroatoms. The zero-order valence-electron chi connectivity index (χ0n) is 9.48. The molecule has 0 heterocycles. The molecular formula is C12H13ClO4. The van der Waals surface area contributed by atoms with E-state index in [0.717, 1.165) is 0 Å². The van der Waals surface area contributed by atoms with Gasteiger partial charge in [0.15, 0.2) is 11.9 Å². The summed E-state index contributed by atoms with van der Waals surface area (Å²) in [5.74, 6) is -1.55. The normalized spacial score (nSPS) is 14.1. The first kappa shape index (κ1) is 13.7. The van der Waals surface area contributed by atoms with E-state index in [1.807, 2.05) is 0 Å². The number of aliphatic carboxylic acids is 1. The fourth-order valence-corrected chi connectivity index (χ4v) is 1.61. The van der Waals surface area contributed by atoms with Crippen LogP contribution in [0.15, 0.2) is 18.2 Å². The fraction of sp³-hybridized carbons (Fsp3) is 0.333. The van der Waals surface area contributed by atoms with Gasteiger partial charge in [0.2, 0.25) is 0 Å².